The molecule has 3 aliphatic heterocycles. The molecule has 0 fully saturated rings. The first-order chi connectivity index (χ1) is 50.2. The van der Waals surface area contributed by atoms with Gasteiger partial charge in [0.05, 0.1) is 45.8 Å². The van der Waals surface area contributed by atoms with Gasteiger partial charge >= 0.3 is 0 Å². The van der Waals surface area contributed by atoms with Crippen molar-refractivity contribution >= 4 is 102 Å². The van der Waals surface area contributed by atoms with Crippen LogP contribution in [0.25, 0.3) is 88.0 Å². The van der Waals surface area contributed by atoms with E-state index >= 15 is 0 Å². The average molecular weight is 1300 g/mol. The van der Waals surface area contributed by atoms with E-state index in [0.717, 1.165) is 123 Å². The molecule has 5 nitrogen and oxygen atoms in total. The van der Waals surface area contributed by atoms with Crippen molar-refractivity contribution in [2.24, 2.45) is 0 Å². The third kappa shape index (κ3) is 8.77. The average Bonchev–Trinajstić information content (AvgIpc) is 1.45. The summed E-state index contributed by atoms with van der Waals surface area (Å²) in [6, 6.07) is 129. The highest BCUT2D eigenvalue weighted by Crippen LogP contribution is 2.64. The number of hydrogen-bond donors (Lipinski definition) is 0. The molecule has 0 N–H and O–H groups in total. The maximum Gasteiger partial charge on any atom is 0.252 e. The van der Waals surface area contributed by atoms with Gasteiger partial charge < -0.3 is 19.3 Å². The van der Waals surface area contributed by atoms with Gasteiger partial charge in [0.1, 0.15) is 0 Å². The standard InChI is InChI=1S/C96H66BN5/c1-95(2,3)68-49-51-89-83(56-68)97-84-61-82-77(75-39-20-22-43-79(75)96(82)80-44-23-26-47-87(80)99(70-37-18-9-19-38-70)88-48-27-24-45-81(88)96)60-90(84)101(71-54-66(62-29-10-5-11-30-62)53-67(55-71)63-31-12-6-13-32-63)91-58-72(100-85-46-25-21-40-76(85)78-57-69(98-4)50-52-86(78)100)59-92(93(91)97)102(89)94-73(64-33-14-7-15-34-64)41-28-42-74(94)65-35-16-8-17-36-65/h5-61H,1-3H3. The molecule has 1 aromatic heterocycles. The van der Waals surface area contributed by atoms with E-state index in [4.69, 9.17) is 6.57 Å². The van der Waals surface area contributed by atoms with E-state index < -0.39 is 5.41 Å². The van der Waals surface area contributed by atoms with Crippen molar-refractivity contribution in [3.8, 4) is 61.3 Å². The predicted octanol–water partition coefficient (Wildman–Crippen LogP) is 23.5. The second kappa shape index (κ2) is 22.8. The van der Waals surface area contributed by atoms with Gasteiger partial charge in [-0.1, -0.05) is 282 Å². The first kappa shape index (κ1) is 59.1. The van der Waals surface area contributed by atoms with Crippen LogP contribution in [0.15, 0.2) is 346 Å². The highest BCUT2D eigenvalue weighted by atomic mass is 15.2. The highest BCUT2D eigenvalue weighted by molar-refractivity contribution is 7.00. The highest BCUT2D eigenvalue weighted by Gasteiger charge is 2.54. The van der Waals surface area contributed by atoms with Crippen molar-refractivity contribution in [3.05, 3.63) is 385 Å². The van der Waals surface area contributed by atoms with Crippen molar-refractivity contribution in [1.29, 1.82) is 0 Å². The van der Waals surface area contributed by atoms with E-state index in [1.807, 2.05) is 6.07 Å². The van der Waals surface area contributed by atoms with Gasteiger partial charge in [0.2, 0.25) is 0 Å². The van der Waals surface area contributed by atoms with Crippen LogP contribution in [0.1, 0.15) is 48.6 Å². The minimum atomic E-state index is -0.745. The third-order valence-corrected chi connectivity index (χ3v) is 22.1. The van der Waals surface area contributed by atoms with Crippen molar-refractivity contribution in [2.45, 2.75) is 31.6 Å². The first-order valence-corrected chi connectivity index (χ1v) is 35.4. The SMILES string of the molecule is [C-]#[N+]c1ccc2c(c1)c1ccccc1n2-c1cc2c3c(c1)N(c1c(-c4ccccc4)cccc1-c1ccccc1)c1ccc(C(C)(C)C)cc1B3c1cc3c(cc1N2c1cc(-c2ccccc2)cc(-c2ccccc2)c1)-c1ccccc1C31c2ccccc2N(c2ccccc2)c2ccccc21. The monoisotopic (exact) mass is 1300 g/mol. The molecule has 15 aromatic carbocycles. The molecule has 6 heteroatoms. The van der Waals surface area contributed by atoms with Gasteiger partial charge in [0.25, 0.3) is 6.71 Å². The number of rotatable bonds is 8. The molecule has 0 amide bonds. The Balaban J connectivity index is 0.981. The van der Waals surface area contributed by atoms with Gasteiger partial charge in [-0.15, -0.1) is 0 Å². The molecule has 478 valence electrons. The van der Waals surface area contributed by atoms with Crippen molar-refractivity contribution in [2.75, 3.05) is 14.7 Å². The molecule has 1 spiro atoms. The van der Waals surface area contributed by atoms with Crippen LogP contribution in [-0.2, 0) is 10.8 Å². The van der Waals surface area contributed by atoms with Gasteiger partial charge in [-0.2, -0.15) is 0 Å². The van der Waals surface area contributed by atoms with Crippen LogP contribution in [0, 0.1) is 6.57 Å². The lowest BCUT2D eigenvalue weighted by Crippen LogP contribution is -2.62. The molecule has 4 heterocycles. The minimum Gasteiger partial charge on any atom is -0.311 e. The molecule has 102 heavy (non-hydrogen) atoms. The Morgan fingerprint density at radius 2 is 0.824 bits per heavy atom. The van der Waals surface area contributed by atoms with Gasteiger partial charge in [0, 0.05) is 50.6 Å². The minimum absolute atomic E-state index is 0.216. The summed E-state index contributed by atoms with van der Waals surface area (Å²) in [4.78, 5) is 11.8. The summed E-state index contributed by atoms with van der Waals surface area (Å²) in [7, 11) is 0. The van der Waals surface area contributed by atoms with Crippen LogP contribution in [-0.4, -0.2) is 11.3 Å². The van der Waals surface area contributed by atoms with E-state index in [-0.39, 0.29) is 12.1 Å². The number of fused-ring (bicyclic) bond motifs is 16. The molecule has 0 bridgehead atoms. The zero-order valence-corrected chi connectivity index (χ0v) is 56.7. The summed E-state index contributed by atoms with van der Waals surface area (Å²) in [6.45, 7) is 15.1. The number of hydrogen-bond acceptors (Lipinski definition) is 3. The lowest BCUT2D eigenvalue weighted by Gasteiger charge is -2.47. The Labute approximate surface area is 595 Å². The van der Waals surface area contributed by atoms with Crippen LogP contribution in [0.2, 0.25) is 0 Å². The Bertz CT molecular complexity index is 5980. The van der Waals surface area contributed by atoms with Crippen LogP contribution in [0.5, 0.6) is 0 Å². The smallest absolute Gasteiger partial charge is 0.252 e. The second-order valence-electron chi connectivity index (χ2n) is 28.6. The topological polar surface area (TPSA) is 19.0 Å². The van der Waals surface area contributed by atoms with E-state index in [2.05, 4.69) is 385 Å². The third-order valence-electron chi connectivity index (χ3n) is 22.1. The summed E-state index contributed by atoms with van der Waals surface area (Å²) in [5.41, 5.74) is 34.1. The summed E-state index contributed by atoms with van der Waals surface area (Å²) in [5, 5.41) is 2.12. The van der Waals surface area contributed by atoms with E-state index in [1.165, 1.54) is 55.3 Å². The van der Waals surface area contributed by atoms with Crippen molar-refractivity contribution < 1.29 is 0 Å². The van der Waals surface area contributed by atoms with Crippen LogP contribution >= 0.6 is 0 Å². The molecule has 0 saturated heterocycles. The zero-order chi connectivity index (χ0) is 68.0. The number of aromatic nitrogens is 1. The molecular formula is C96H66BN5. The number of para-hydroxylation sites is 5. The van der Waals surface area contributed by atoms with E-state index in [9.17, 15) is 0 Å². The molecule has 0 unspecified atom stereocenters. The van der Waals surface area contributed by atoms with Gasteiger partial charge in [0.15, 0.2) is 5.69 Å². The van der Waals surface area contributed by atoms with Crippen LogP contribution in [0.4, 0.5) is 56.9 Å². The lowest BCUT2D eigenvalue weighted by atomic mass is 9.33. The summed E-state index contributed by atoms with van der Waals surface area (Å²) in [5.74, 6) is 0. The Morgan fingerprint density at radius 1 is 0.314 bits per heavy atom. The summed E-state index contributed by atoms with van der Waals surface area (Å²) >= 11 is 0. The normalized spacial score (nSPS) is 13.4. The fourth-order valence-corrected chi connectivity index (χ4v) is 17.7. The summed E-state index contributed by atoms with van der Waals surface area (Å²) < 4.78 is 2.46. The Hall–Kier alpha value is -12.9. The lowest BCUT2D eigenvalue weighted by molar-refractivity contribution is 0.591. The molecule has 0 atom stereocenters. The Kier molecular flexibility index (Phi) is 13.2. The molecule has 4 aliphatic rings. The number of anilines is 9. The zero-order valence-electron chi connectivity index (χ0n) is 56.7. The molecule has 16 aromatic rings. The fraction of sp³-hybridized carbons (Fsp3) is 0.0521. The fourth-order valence-electron chi connectivity index (χ4n) is 17.7. The maximum absolute atomic E-state index is 8.31. The van der Waals surface area contributed by atoms with E-state index in [0.29, 0.717) is 5.69 Å². The molecule has 20 rings (SSSR count). The molecule has 0 saturated carbocycles. The Morgan fingerprint density at radius 3 is 1.44 bits per heavy atom. The predicted molar refractivity (Wildman–Crippen MR) is 427 cm³/mol. The largest absolute Gasteiger partial charge is 0.311 e. The van der Waals surface area contributed by atoms with Gasteiger partial charge in [-0.05, 0) is 184 Å². The molecule has 1 aliphatic carbocycles. The van der Waals surface area contributed by atoms with Crippen molar-refractivity contribution in [3.63, 3.8) is 0 Å². The van der Waals surface area contributed by atoms with Gasteiger partial charge in [-0.3, -0.25) is 0 Å². The summed E-state index contributed by atoms with van der Waals surface area (Å²) in [6.07, 6.45) is 0. The van der Waals surface area contributed by atoms with E-state index in [1.54, 1.807) is 0 Å². The van der Waals surface area contributed by atoms with Crippen LogP contribution < -0.4 is 31.1 Å². The number of benzene rings is 15. The quantitative estimate of drug-likeness (QED) is 0.112. The number of nitrogens with zero attached hydrogens (tertiary/aromatic N) is 5. The first-order valence-electron chi connectivity index (χ1n) is 35.4. The second-order valence-corrected chi connectivity index (χ2v) is 28.6. The molecule has 0 radical (unpaired) electrons. The van der Waals surface area contributed by atoms with Crippen molar-refractivity contribution in [1.82, 2.24) is 4.57 Å². The van der Waals surface area contributed by atoms with Gasteiger partial charge in [-0.25, -0.2) is 4.85 Å². The van der Waals surface area contributed by atoms with Crippen LogP contribution in [0.3, 0.4) is 0 Å². The molecular weight excluding hydrogens is 1230 g/mol. The maximum atomic E-state index is 8.31.